The van der Waals surface area contributed by atoms with Gasteiger partial charge in [0.15, 0.2) is 0 Å². The zero-order chi connectivity index (χ0) is 17.2. The molecule has 1 atom stereocenters. The lowest BCUT2D eigenvalue weighted by Gasteiger charge is -2.08. The van der Waals surface area contributed by atoms with Crippen LogP contribution in [-0.4, -0.2) is 35.5 Å². The molecule has 2 N–H and O–H groups in total. The number of esters is 1. The van der Waals surface area contributed by atoms with Gasteiger partial charge in [-0.15, -0.1) is 0 Å². The summed E-state index contributed by atoms with van der Waals surface area (Å²) in [6, 6.07) is 0. The quantitative estimate of drug-likeness (QED) is 0.254. The van der Waals surface area contributed by atoms with Gasteiger partial charge in [0.1, 0.15) is 12.7 Å². The fraction of sp³-hybridized carbons (Fsp3) is 0.842. The van der Waals surface area contributed by atoms with Gasteiger partial charge in [-0.25, -0.2) is 0 Å². The first-order chi connectivity index (χ1) is 11.2. The van der Waals surface area contributed by atoms with Crippen molar-refractivity contribution in [3.63, 3.8) is 0 Å². The Kier molecular flexibility index (Phi) is 16.8. The van der Waals surface area contributed by atoms with Crippen LogP contribution in [0.5, 0.6) is 0 Å². The fourth-order valence-corrected chi connectivity index (χ4v) is 2.30. The van der Waals surface area contributed by atoms with E-state index < -0.39 is 6.10 Å². The van der Waals surface area contributed by atoms with Crippen LogP contribution < -0.4 is 0 Å². The lowest BCUT2D eigenvalue weighted by atomic mass is 10.1. The molecule has 0 saturated carbocycles. The van der Waals surface area contributed by atoms with Crippen LogP contribution in [0.4, 0.5) is 0 Å². The van der Waals surface area contributed by atoms with E-state index in [1.165, 1.54) is 44.9 Å². The molecule has 0 heterocycles. The molecule has 0 aromatic heterocycles. The maximum Gasteiger partial charge on any atom is 0.305 e. The van der Waals surface area contributed by atoms with Gasteiger partial charge in [0, 0.05) is 6.42 Å². The summed E-state index contributed by atoms with van der Waals surface area (Å²) in [5.74, 6) is -0.288. The van der Waals surface area contributed by atoms with Gasteiger partial charge in [0.2, 0.25) is 0 Å². The molecule has 4 heteroatoms. The van der Waals surface area contributed by atoms with E-state index in [0.29, 0.717) is 6.42 Å². The van der Waals surface area contributed by atoms with Crippen molar-refractivity contribution in [1.29, 1.82) is 0 Å². The Morgan fingerprint density at radius 2 is 1.52 bits per heavy atom. The second-order valence-electron chi connectivity index (χ2n) is 6.15. The monoisotopic (exact) mass is 328 g/mol. The SMILES string of the molecule is CCCCCC/C=C\CCCCCCCC(=O)OC[C@@H](O)CO. The summed E-state index contributed by atoms with van der Waals surface area (Å²) in [5, 5.41) is 17.7. The molecule has 0 amide bonds. The number of carbonyl (C=O) groups is 1. The lowest BCUT2D eigenvalue weighted by molar-refractivity contribution is -0.147. The minimum Gasteiger partial charge on any atom is -0.463 e. The third-order valence-electron chi connectivity index (χ3n) is 3.79. The number of hydrogen-bond acceptors (Lipinski definition) is 4. The predicted molar refractivity (Wildman–Crippen MR) is 94.3 cm³/mol. The molecule has 0 unspecified atom stereocenters. The fourth-order valence-electron chi connectivity index (χ4n) is 2.30. The van der Waals surface area contributed by atoms with Crippen molar-refractivity contribution in [3.05, 3.63) is 12.2 Å². The second kappa shape index (κ2) is 17.5. The highest BCUT2D eigenvalue weighted by atomic mass is 16.5. The van der Waals surface area contributed by atoms with Gasteiger partial charge in [0.25, 0.3) is 0 Å². The standard InChI is InChI=1S/C19H36O4/c1-2-3-4-5-6-7-8-9-10-11-12-13-14-15-19(22)23-17-18(21)16-20/h7-8,18,20-21H,2-6,9-17H2,1H3/b8-7-/t18-/m0/s1. The number of unbranched alkanes of at least 4 members (excludes halogenated alkanes) is 9. The Hall–Kier alpha value is -0.870. The molecular formula is C19H36O4. The van der Waals surface area contributed by atoms with E-state index in [1.54, 1.807) is 0 Å². The number of hydrogen-bond donors (Lipinski definition) is 2. The normalized spacial score (nSPS) is 12.7. The van der Waals surface area contributed by atoms with Gasteiger partial charge in [0.05, 0.1) is 6.61 Å². The highest BCUT2D eigenvalue weighted by Crippen LogP contribution is 2.09. The average molecular weight is 328 g/mol. The number of rotatable bonds is 16. The molecule has 0 saturated heterocycles. The smallest absolute Gasteiger partial charge is 0.305 e. The van der Waals surface area contributed by atoms with Gasteiger partial charge in [-0.1, -0.05) is 57.6 Å². The summed E-state index contributed by atoms with van der Waals surface area (Å²) in [6.07, 6.45) is 17.2. The summed E-state index contributed by atoms with van der Waals surface area (Å²) < 4.78 is 4.84. The topological polar surface area (TPSA) is 66.8 Å². The summed E-state index contributed by atoms with van der Waals surface area (Å²) in [7, 11) is 0. The Labute approximate surface area is 141 Å². The number of allylic oxidation sites excluding steroid dienone is 2. The summed E-state index contributed by atoms with van der Waals surface area (Å²) in [4.78, 5) is 11.3. The zero-order valence-electron chi connectivity index (χ0n) is 14.8. The minimum atomic E-state index is -0.960. The van der Waals surface area contributed by atoms with Crippen LogP contribution >= 0.6 is 0 Å². The van der Waals surface area contributed by atoms with Gasteiger partial charge < -0.3 is 14.9 Å². The summed E-state index contributed by atoms with van der Waals surface area (Å²) >= 11 is 0. The Bertz CT molecular complexity index is 289. The summed E-state index contributed by atoms with van der Waals surface area (Å²) in [6.45, 7) is 1.75. The summed E-state index contributed by atoms with van der Waals surface area (Å²) in [5.41, 5.74) is 0. The van der Waals surface area contributed by atoms with Crippen molar-refractivity contribution in [3.8, 4) is 0 Å². The first-order valence-electron chi connectivity index (χ1n) is 9.30. The Morgan fingerprint density at radius 1 is 0.957 bits per heavy atom. The lowest BCUT2D eigenvalue weighted by Crippen LogP contribution is -2.21. The second-order valence-corrected chi connectivity index (χ2v) is 6.15. The third kappa shape index (κ3) is 17.3. The number of ether oxygens (including phenoxy) is 1. The van der Waals surface area contributed by atoms with Crippen LogP contribution in [0.2, 0.25) is 0 Å². The molecule has 23 heavy (non-hydrogen) atoms. The zero-order valence-corrected chi connectivity index (χ0v) is 14.8. The van der Waals surface area contributed by atoms with Crippen molar-refractivity contribution in [1.82, 2.24) is 0 Å². The van der Waals surface area contributed by atoms with Crippen molar-refractivity contribution >= 4 is 5.97 Å². The van der Waals surface area contributed by atoms with E-state index in [4.69, 9.17) is 14.9 Å². The molecule has 0 aromatic rings. The van der Waals surface area contributed by atoms with Crippen molar-refractivity contribution in [2.45, 2.75) is 90.1 Å². The van der Waals surface area contributed by atoms with E-state index >= 15 is 0 Å². The van der Waals surface area contributed by atoms with Crippen LogP contribution in [0.15, 0.2) is 12.2 Å². The number of carbonyl (C=O) groups excluding carboxylic acids is 1. The van der Waals surface area contributed by atoms with Gasteiger partial charge in [-0.3, -0.25) is 4.79 Å². The molecule has 0 aliphatic heterocycles. The molecule has 0 aliphatic carbocycles. The first-order valence-corrected chi connectivity index (χ1v) is 9.30. The molecular weight excluding hydrogens is 292 g/mol. The van der Waals surface area contributed by atoms with E-state index in [1.807, 2.05) is 0 Å². The van der Waals surface area contributed by atoms with Crippen molar-refractivity contribution < 1.29 is 19.7 Å². The minimum absolute atomic E-state index is 0.111. The highest BCUT2D eigenvalue weighted by Gasteiger charge is 2.07. The van der Waals surface area contributed by atoms with Gasteiger partial charge >= 0.3 is 5.97 Å². The molecule has 0 bridgehead atoms. The largest absolute Gasteiger partial charge is 0.463 e. The van der Waals surface area contributed by atoms with Crippen LogP contribution in [0.3, 0.4) is 0 Å². The number of aliphatic hydroxyl groups excluding tert-OH is 2. The Balaban J connectivity index is 3.24. The molecule has 0 aromatic carbocycles. The van der Waals surface area contributed by atoms with Crippen LogP contribution in [0, 0.1) is 0 Å². The van der Waals surface area contributed by atoms with E-state index in [-0.39, 0.29) is 19.2 Å². The Morgan fingerprint density at radius 3 is 2.13 bits per heavy atom. The predicted octanol–water partition coefficient (Wildman–Crippen LogP) is 4.14. The molecule has 4 nitrogen and oxygen atoms in total. The van der Waals surface area contributed by atoms with E-state index in [9.17, 15) is 4.79 Å². The van der Waals surface area contributed by atoms with E-state index in [0.717, 1.165) is 25.7 Å². The molecule has 0 radical (unpaired) electrons. The van der Waals surface area contributed by atoms with Crippen LogP contribution in [-0.2, 0) is 9.53 Å². The molecule has 0 aliphatic rings. The maximum atomic E-state index is 11.3. The average Bonchev–Trinajstić information content (AvgIpc) is 2.56. The van der Waals surface area contributed by atoms with E-state index in [2.05, 4.69) is 19.1 Å². The molecule has 0 rings (SSSR count). The maximum absolute atomic E-state index is 11.3. The first kappa shape index (κ1) is 22.1. The highest BCUT2D eigenvalue weighted by molar-refractivity contribution is 5.69. The van der Waals surface area contributed by atoms with Crippen molar-refractivity contribution in [2.75, 3.05) is 13.2 Å². The molecule has 0 spiro atoms. The van der Waals surface area contributed by atoms with Crippen LogP contribution in [0.1, 0.15) is 84.0 Å². The number of aliphatic hydroxyl groups is 2. The van der Waals surface area contributed by atoms with Crippen molar-refractivity contribution in [2.24, 2.45) is 0 Å². The van der Waals surface area contributed by atoms with Gasteiger partial charge in [-0.05, 0) is 32.1 Å². The van der Waals surface area contributed by atoms with Crippen LogP contribution in [0.25, 0.3) is 0 Å². The van der Waals surface area contributed by atoms with Gasteiger partial charge in [-0.2, -0.15) is 0 Å². The third-order valence-corrected chi connectivity index (χ3v) is 3.79. The molecule has 0 fully saturated rings. The molecule has 136 valence electrons.